The lowest BCUT2D eigenvalue weighted by Crippen LogP contribution is -2.45. The van der Waals surface area contributed by atoms with Gasteiger partial charge >= 0.3 is 0 Å². The lowest BCUT2D eigenvalue weighted by molar-refractivity contribution is 0.0694. The van der Waals surface area contributed by atoms with Crippen molar-refractivity contribution in [3.8, 4) is 17.2 Å². The van der Waals surface area contributed by atoms with Crippen LogP contribution in [0.1, 0.15) is 44.4 Å². The molecule has 6 nitrogen and oxygen atoms in total. The highest BCUT2D eigenvalue weighted by Crippen LogP contribution is 2.39. The van der Waals surface area contributed by atoms with E-state index in [9.17, 15) is 0 Å². The molecule has 1 atom stereocenters. The summed E-state index contributed by atoms with van der Waals surface area (Å²) in [5.74, 6) is 3.15. The van der Waals surface area contributed by atoms with Crippen molar-refractivity contribution in [2.24, 2.45) is 4.99 Å². The molecule has 156 valence electrons. The lowest BCUT2D eigenvalue weighted by atomic mass is 9.90. The van der Waals surface area contributed by atoms with E-state index >= 15 is 0 Å². The zero-order chi connectivity index (χ0) is 20.9. The van der Waals surface area contributed by atoms with Crippen LogP contribution in [0.15, 0.2) is 47.5 Å². The third-order valence-electron chi connectivity index (χ3n) is 4.90. The minimum Gasteiger partial charge on any atom is -0.493 e. The third kappa shape index (κ3) is 5.13. The molecule has 29 heavy (non-hydrogen) atoms. The summed E-state index contributed by atoms with van der Waals surface area (Å²) < 4.78 is 17.2. The summed E-state index contributed by atoms with van der Waals surface area (Å²) in [5, 5.41) is 6.95. The van der Waals surface area contributed by atoms with E-state index in [1.807, 2.05) is 43.3 Å². The second kappa shape index (κ2) is 9.07. The van der Waals surface area contributed by atoms with Gasteiger partial charge in [-0.3, -0.25) is 4.99 Å². The van der Waals surface area contributed by atoms with Gasteiger partial charge in [-0.25, -0.2) is 0 Å². The van der Waals surface area contributed by atoms with Crippen LogP contribution in [0.2, 0.25) is 0 Å². The van der Waals surface area contributed by atoms with Gasteiger partial charge in [0.15, 0.2) is 17.5 Å². The summed E-state index contributed by atoms with van der Waals surface area (Å²) in [6.45, 7) is 7.40. The Morgan fingerprint density at radius 1 is 1.21 bits per heavy atom. The Labute approximate surface area is 173 Å². The standard InChI is InChI=1S/C23H31N3O3/c1-6-28-21-13-16(11-12-20(21)27-5)15-25-22(24-4)26-18-14-23(2,3)29-19-10-8-7-9-17(18)19/h7-13,18H,6,14-15H2,1-5H3,(H2,24,25,26). The fraction of sp³-hybridized carbons (Fsp3) is 0.435. The minimum absolute atomic E-state index is 0.121. The van der Waals surface area contributed by atoms with Gasteiger partial charge in [0.05, 0.1) is 19.8 Å². The van der Waals surface area contributed by atoms with Gasteiger partial charge in [-0.15, -0.1) is 0 Å². The van der Waals surface area contributed by atoms with Crippen LogP contribution < -0.4 is 24.8 Å². The molecule has 0 radical (unpaired) electrons. The number of rotatable bonds is 6. The SMILES string of the molecule is CCOc1cc(CNC(=NC)NC2CC(C)(C)Oc3ccccc32)ccc1OC. The first kappa shape index (κ1) is 20.8. The topological polar surface area (TPSA) is 64.1 Å². The summed E-state index contributed by atoms with van der Waals surface area (Å²) in [6, 6.07) is 14.2. The summed E-state index contributed by atoms with van der Waals surface area (Å²) in [7, 11) is 3.43. The molecule has 0 aromatic heterocycles. The highest BCUT2D eigenvalue weighted by molar-refractivity contribution is 5.80. The van der Waals surface area contributed by atoms with Crippen LogP contribution in [0.5, 0.6) is 17.2 Å². The van der Waals surface area contributed by atoms with E-state index in [0.29, 0.717) is 13.2 Å². The molecule has 0 saturated carbocycles. The van der Waals surface area contributed by atoms with Crippen molar-refractivity contribution in [3.63, 3.8) is 0 Å². The summed E-state index contributed by atoms with van der Waals surface area (Å²) in [6.07, 6.45) is 0.849. The average Bonchev–Trinajstić information content (AvgIpc) is 2.70. The van der Waals surface area contributed by atoms with Crippen molar-refractivity contribution < 1.29 is 14.2 Å². The first-order valence-corrected chi connectivity index (χ1v) is 10.0. The molecular formula is C23H31N3O3. The predicted molar refractivity (Wildman–Crippen MR) is 116 cm³/mol. The third-order valence-corrected chi connectivity index (χ3v) is 4.90. The number of benzene rings is 2. The zero-order valence-corrected chi connectivity index (χ0v) is 17.9. The smallest absolute Gasteiger partial charge is 0.191 e. The van der Waals surface area contributed by atoms with Crippen LogP contribution >= 0.6 is 0 Å². The van der Waals surface area contributed by atoms with Crippen LogP contribution in [0.4, 0.5) is 0 Å². The number of methoxy groups -OCH3 is 1. The van der Waals surface area contributed by atoms with E-state index in [4.69, 9.17) is 14.2 Å². The van der Waals surface area contributed by atoms with E-state index in [2.05, 4.69) is 35.5 Å². The Balaban J connectivity index is 1.70. The number of nitrogens with one attached hydrogen (secondary N) is 2. The molecule has 0 fully saturated rings. The highest BCUT2D eigenvalue weighted by Gasteiger charge is 2.33. The summed E-state index contributed by atoms with van der Waals surface area (Å²) in [5.41, 5.74) is 2.00. The number of ether oxygens (including phenoxy) is 3. The van der Waals surface area contributed by atoms with Crippen LogP contribution in [-0.4, -0.2) is 32.3 Å². The van der Waals surface area contributed by atoms with Gasteiger partial charge in [0.25, 0.3) is 0 Å². The molecule has 2 aromatic carbocycles. The maximum Gasteiger partial charge on any atom is 0.191 e. The van der Waals surface area contributed by atoms with Crippen LogP contribution in [0.3, 0.4) is 0 Å². The van der Waals surface area contributed by atoms with Gasteiger partial charge < -0.3 is 24.8 Å². The molecule has 0 amide bonds. The second-order valence-corrected chi connectivity index (χ2v) is 7.64. The monoisotopic (exact) mass is 397 g/mol. The van der Waals surface area contributed by atoms with Crippen molar-refractivity contribution >= 4 is 5.96 Å². The Morgan fingerprint density at radius 3 is 2.72 bits per heavy atom. The van der Waals surface area contributed by atoms with Crippen LogP contribution in [0.25, 0.3) is 0 Å². The van der Waals surface area contributed by atoms with E-state index in [0.717, 1.165) is 40.8 Å². The first-order chi connectivity index (χ1) is 14.0. The molecule has 1 aliphatic heterocycles. The molecule has 0 saturated heterocycles. The Kier molecular flexibility index (Phi) is 6.52. The fourth-order valence-corrected chi connectivity index (χ4v) is 3.58. The number of nitrogens with zero attached hydrogens (tertiary/aromatic N) is 1. The summed E-state index contributed by atoms with van der Waals surface area (Å²) >= 11 is 0. The fourth-order valence-electron chi connectivity index (χ4n) is 3.58. The predicted octanol–water partition coefficient (Wildman–Crippen LogP) is 4.06. The molecule has 2 aromatic rings. The maximum atomic E-state index is 6.13. The second-order valence-electron chi connectivity index (χ2n) is 7.64. The average molecular weight is 398 g/mol. The summed E-state index contributed by atoms with van der Waals surface area (Å²) in [4.78, 5) is 4.41. The van der Waals surface area contributed by atoms with E-state index < -0.39 is 0 Å². The van der Waals surface area contributed by atoms with Gasteiger partial charge in [-0.2, -0.15) is 0 Å². The molecule has 0 spiro atoms. The van der Waals surface area contributed by atoms with E-state index in [1.54, 1.807) is 14.2 Å². The molecule has 1 heterocycles. The first-order valence-electron chi connectivity index (χ1n) is 10.0. The molecule has 2 N–H and O–H groups in total. The van der Waals surface area contributed by atoms with Crippen molar-refractivity contribution in [2.45, 2.75) is 45.4 Å². The number of guanidine groups is 1. The maximum absolute atomic E-state index is 6.13. The molecule has 0 aliphatic carbocycles. The molecule has 6 heteroatoms. The van der Waals surface area contributed by atoms with Gasteiger partial charge in [-0.05, 0) is 44.5 Å². The molecule has 1 unspecified atom stereocenters. The van der Waals surface area contributed by atoms with E-state index in [-0.39, 0.29) is 11.6 Å². The van der Waals surface area contributed by atoms with Crippen molar-refractivity contribution in [1.29, 1.82) is 0 Å². The van der Waals surface area contributed by atoms with Crippen molar-refractivity contribution in [2.75, 3.05) is 20.8 Å². The molecular weight excluding hydrogens is 366 g/mol. The molecule has 3 rings (SSSR count). The quantitative estimate of drug-likeness (QED) is 0.568. The lowest BCUT2D eigenvalue weighted by Gasteiger charge is -2.38. The van der Waals surface area contributed by atoms with E-state index in [1.165, 1.54) is 0 Å². The minimum atomic E-state index is -0.243. The Bertz CT molecular complexity index is 864. The Hall–Kier alpha value is -2.89. The highest BCUT2D eigenvalue weighted by atomic mass is 16.5. The normalized spacial score (nSPS) is 17.7. The van der Waals surface area contributed by atoms with Gasteiger partial charge in [-0.1, -0.05) is 24.3 Å². The van der Waals surface area contributed by atoms with Gasteiger partial charge in [0.1, 0.15) is 11.4 Å². The largest absolute Gasteiger partial charge is 0.493 e. The number of para-hydroxylation sites is 1. The van der Waals surface area contributed by atoms with Crippen molar-refractivity contribution in [3.05, 3.63) is 53.6 Å². The Morgan fingerprint density at radius 2 is 2.00 bits per heavy atom. The van der Waals surface area contributed by atoms with Crippen LogP contribution in [0, 0.1) is 0 Å². The number of fused-ring (bicyclic) bond motifs is 1. The zero-order valence-electron chi connectivity index (χ0n) is 17.9. The molecule has 0 bridgehead atoms. The van der Waals surface area contributed by atoms with Gasteiger partial charge in [0, 0.05) is 25.6 Å². The molecule has 1 aliphatic rings. The number of aliphatic imine (C=N–C) groups is 1. The number of hydrogen-bond acceptors (Lipinski definition) is 4. The van der Waals surface area contributed by atoms with Gasteiger partial charge in [0.2, 0.25) is 0 Å². The van der Waals surface area contributed by atoms with Crippen molar-refractivity contribution in [1.82, 2.24) is 10.6 Å². The van der Waals surface area contributed by atoms with Crippen LogP contribution in [-0.2, 0) is 6.54 Å². The number of hydrogen-bond donors (Lipinski definition) is 2.